The fraction of sp³-hybridized carbons (Fsp3) is 0.368. The van der Waals surface area contributed by atoms with Crippen molar-refractivity contribution < 1.29 is 24.2 Å². The zero-order chi connectivity index (χ0) is 19.3. The highest BCUT2D eigenvalue weighted by molar-refractivity contribution is 6.00. The second-order valence-corrected chi connectivity index (χ2v) is 6.11. The number of H-pyrrole nitrogens is 1. The van der Waals surface area contributed by atoms with E-state index in [0.717, 1.165) is 5.56 Å². The van der Waals surface area contributed by atoms with Crippen LogP contribution in [0.25, 0.3) is 0 Å². The number of rotatable bonds is 7. The number of aliphatic hydroxyl groups excluding tert-OH is 1. The van der Waals surface area contributed by atoms with E-state index in [0.29, 0.717) is 22.6 Å². The molecule has 1 atom stereocenters. The van der Waals surface area contributed by atoms with Crippen LogP contribution in [0, 0.1) is 20.8 Å². The van der Waals surface area contributed by atoms with Crippen LogP contribution >= 0.6 is 0 Å². The molecule has 1 heterocycles. The van der Waals surface area contributed by atoms with Crippen molar-refractivity contribution in [2.75, 3.05) is 20.3 Å². The maximum absolute atomic E-state index is 12.3. The van der Waals surface area contributed by atoms with Crippen molar-refractivity contribution in [3.8, 4) is 5.75 Å². The number of benzene rings is 1. The van der Waals surface area contributed by atoms with Gasteiger partial charge in [0, 0.05) is 12.2 Å². The van der Waals surface area contributed by atoms with E-state index >= 15 is 0 Å². The van der Waals surface area contributed by atoms with Crippen LogP contribution in [0.1, 0.15) is 37.7 Å². The van der Waals surface area contributed by atoms with Crippen LogP contribution in [0.3, 0.4) is 0 Å². The molecule has 0 aliphatic rings. The molecule has 0 fully saturated rings. The third-order valence-electron chi connectivity index (χ3n) is 3.98. The Morgan fingerprint density at radius 3 is 2.65 bits per heavy atom. The number of nitrogens with one attached hydrogen (secondary N) is 2. The Morgan fingerprint density at radius 2 is 2.00 bits per heavy atom. The molecule has 3 N–H and O–H groups in total. The Balaban J connectivity index is 1.91. The molecule has 2 aromatic rings. The van der Waals surface area contributed by atoms with Crippen molar-refractivity contribution in [2.45, 2.75) is 26.9 Å². The number of hydrogen-bond acceptors (Lipinski definition) is 5. The van der Waals surface area contributed by atoms with Crippen molar-refractivity contribution in [3.63, 3.8) is 0 Å². The highest BCUT2D eigenvalue weighted by Crippen LogP contribution is 2.18. The number of esters is 1. The van der Waals surface area contributed by atoms with Crippen molar-refractivity contribution in [1.29, 1.82) is 0 Å². The van der Waals surface area contributed by atoms with Crippen molar-refractivity contribution >= 4 is 11.9 Å². The van der Waals surface area contributed by atoms with Crippen LogP contribution in [0.5, 0.6) is 5.75 Å². The van der Waals surface area contributed by atoms with Gasteiger partial charge in [-0.2, -0.15) is 0 Å². The Labute approximate surface area is 152 Å². The van der Waals surface area contributed by atoms with Gasteiger partial charge in [-0.05, 0) is 44.0 Å². The highest BCUT2D eigenvalue weighted by atomic mass is 16.5. The molecule has 26 heavy (non-hydrogen) atoms. The number of aromatic amines is 1. The van der Waals surface area contributed by atoms with Gasteiger partial charge in [-0.15, -0.1) is 0 Å². The molecule has 0 aliphatic heterocycles. The van der Waals surface area contributed by atoms with Gasteiger partial charge >= 0.3 is 5.97 Å². The van der Waals surface area contributed by atoms with Crippen LogP contribution < -0.4 is 10.1 Å². The van der Waals surface area contributed by atoms with Gasteiger partial charge in [-0.3, -0.25) is 4.79 Å². The molecule has 2 rings (SSSR count). The number of hydrogen-bond donors (Lipinski definition) is 3. The highest BCUT2D eigenvalue weighted by Gasteiger charge is 2.22. The standard InChI is InChI=1S/C19H24N2O5/c1-11-6-5-7-15(8-11)26-10-14(22)9-20-18(23)17-12(2)16(13(3)21-17)19(24)25-4/h5-8,14,21-22H,9-10H2,1-4H3,(H,20,23). The molecule has 140 valence electrons. The maximum Gasteiger partial charge on any atom is 0.339 e. The van der Waals surface area contributed by atoms with E-state index in [-0.39, 0.29) is 18.8 Å². The molecular weight excluding hydrogens is 336 g/mol. The minimum absolute atomic E-state index is 0.0235. The van der Waals surface area contributed by atoms with Gasteiger partial charge in [0.05, 0.1) is 12.7 Å². The summed E-state index contributed by atoms with van der Waals surface area (Å²) < 4.78 is 10.2. The number of aryl methyl sites for hydroxylation is 2. The summed E-state index contributed by atoms with van der Waals surface area (Å²) in [5.41, 5.74) is 2.75. The summed E-state index contributed by atoms with van der Waals surface area (Å²) in [5, 5.41) is 12.6. The number of methoxy groups -OCH3 is 1. The number of carbonyl (C=O) groups is 2. The first-order valence-corrected chi connectivity index (χ1v) is 8.26. The van der Waals surface area contributed by atoms with Crippen LogP contribution in [-0.2, 0) is 4.74 Å². The molecule has 7 nitrogen and oxygen atoms in total. The maximum atomic E-state index is 12.3. The second-order valence-electron chi connectivity index (χ2n) is 6.11. The summed E-state index contributed by atoms with van der Waals surface area (Å²) in [7, 11) is 1.29. The van der Waals surface area contributed by atoms with E-state index in [1.165, 1.54) is 7.11 Å². The molecule has 0 aliphatic carbocycles. The number of aromatic nitrogens is 1. The van der Waals surface area contributed by atoms with E-state index in [4.69, 9.17) is 9.47 Å². The van der Waals surface area contributed by atoms with Gasteiger partial charge in [0.15, 0.2) is 0 Å². The van der Waals surface area contributed by atoms with E-state index < -0.39 is 18.0 Å². The molecule has 0 spiro atoms. The lowest BCUT2D eigenvalue weighted by Gasteiger charge is -2.13. The van der Waals surface area contributed by atoms with E-state index in [1.807, 2.05) is 25.1 Å². The first-order chi connectivity index (χ1) is 12.3. The molecule has 7 heteroatoms. The van der Waals surface area contributed by atoms with Crippen molar-refractivity contribution in [1.82, 2.24) is 10.3 Å². The third-order valence-corrected chi connectivity index (χ3v) is 3.98. The molecule has 0 saturated carbocycles. The lowest BCUT2D eigenvalue weighted by Crippen LogP contribution is -2.35. The Kier molecular flexibility index (Phi) is 6.41. The molecule has 0 saturated heterocycles. The van der Waals surface area contributed by atoms with Crippen molar-refractivity contribution in [3.05, 3.63) is 52.3 Å². The van der Waals surface area contributed by atoms with E-state index in [1.54, 1.807) is 19.9 Å². The van der Waals surface area contributed by atoms with Gasteiger partial charge in [-0.1, -0.05) is 12.1 Å². The van der Waals surface area contributed by atoms with Crippen molar-refractivity contribution in [2.24, 2.45) is 0 Å². The minimum atomic E-state index is -0.865. The van der Waals surface area contributed by atoms with Gasteiger partial charge in [0.2, 0.25) is 0 Å². The molecule has 1 amide bonds. The second kappa shape index (κ2) is 8.53. The van der Waals surface area contributed by atoms with Crippen LogP contribution in [0.2, 0.25) is 0 Å². The summed E-state index contributed by atoms with van der Waals surface area (Å²) in [4.78, 5) is 27.0. The largest absolute Gasteiger partial charge is 0.491 e. The zero-order valence-corrected chi connectivity index (χ0v) is 15.4. The fourth-order valence-corrected chi connectivity index (χ4v) is 2.64. The predicted octanol–water partition coefficient (Wildman–Crippen LogP) is 1.90. The SMILES string of the molecule is COC(=O)c1c(C)[nH]c(C(=O)NCC(O)COc2cccc(C)c2)c1C. The van der Waals surface area contributed by atoms with Gasteiger partial charge in [-0.25, -0.2) is 4.79 Å². The molecule has 1 unspecified atom stereocenters. The lowest BCUT2D eigenvalue weighted by atomic mass is 10.1. The van der Waals surface area contributed by atoms with E-state index in [2.05, 4.69) is 10.3 Å². The number of aliphatic hydroxyl groups is 1. The summed E-state index contributed by atoms with van der Waals surface area (Å²) >= 11 is 0. The summed E-state index contributed by atoms with van der Waals surface area (Å²) in [6.07, 6.45) is -0.865. The minimum Gasteiger partial charge on any atom is -0.491 e. The first-order valence-electron chi connectivity index (χ1n) is 8.26. The fourth-order valence-electron chi connectivity index (χ4n) is 2.64. The molecule has 0 bridgehead atoms. The van der Waals surface area contributed by atoms with E-state index in [9.17, 15) is 14.7 Å². The molecule has 1 aromatic carbocycles. The van der Waals surface area contributed by atoms with Crippen LogP contribution in [-0.4, -0.2) is 48.3 Å². The van der Waals surface area contributed by atoms with Gasteiger partial charge in [0.1, 0.15) is 24.2 Å². The number of ether oxygens (including phenoxy) is 2. The average molecular weight is 360 g/mol. The Bertz CT molecular complexity index is 797. The Hall–Kier alpha value is -2.80. The third kappa shape index (κ3) is 4.64. The normalized spacial score (nSPS) is 11.7. The first kappa shape index (κ1) is 19.5. The molecular formula is C19H24N2O5. The summed E-state index contributed by atoms with van der Waals surface area (Å²) in [6, 6.07) is 7.49. The number of carbonyl (C=O) groups excluding carboxylic acids is 2. The molecule has 0 radical (unpaired) electrons. The van der Waals surface area contributed by atoms with Crippen LogP contribution in [0.15, 0.2) is 24.3 Å². The summed E-state index contributed by atoms with van der Waals surface area (Å²) in [6.45, 7) is 5.39. The predicted molar refractivity (Wildman–Crippen MR) is 96.6 cm³/mol. The Morgan fingerprint density at radius 1 is 1.27 bits per heavy atom. The summed E-state index contributed by atoms with van der Waals surface area (Å²) in [5.74, 6) is -0.244. The average Bonchev–Trinajstić information content (AvgIpc) is 2.91. The van der Waals surface area contributed by atoms with Gasteiger partial charge < -0.3 is 24.9 Å². The zero-order valence-electron chi connectivity index (χ0n) is 15.4. The monoisotopic (exact) mass is 360 g/mol. The van der Waals surface area contributed by atoms with Crippen LogP contribution in [0.4, 0.5) is 0 Å². The topological polar surface area (TPSA) is 101 Å². The molecule has 1 aromatic heterocycles. The number of amides is 1. The lowest BCUT2D eigenvalue weighted by molar-refractivity contribution is 0.0599. The quantitative estimate of drug-likeness (QED) is 0.655. The smallest absolute Gasteiger partial charge is 0.339 e. The van der Waals surface area contributed by atoms with Gasteiger partial charge in [0.25, 0.3) is 5.91 Å².